The lowest BCUT2D eigenvalue weighted by atomic mass is 9.80. The smallest absolute Gasteiger partial charge is 0.240 e. The summed E-state index contributed by atoms with van der Waals surface area (Å²) in [6.45, 7) is 3.61. The Hall–Kier alpha value is -2.05. The number of carbonyl (C=O) groups is 3. The molecular formula is C20H24N2O4. The monoisotopic (exact) mass is 356 g/mol. The topological polar surface area (TPSA) is 66.9 Å². The van der Waals surface area contributed by atoms with Gasteiger partial charge in [-0.15, -0.1) is 0 Å². The standard InChI is InChI=1S/C20H24N2O4/c23-16(6-8-21-9-11-26-12-10-21)14-22-18(24)13-20(19(22)25)7-5-15-3-1-2-4-17(15)20/h1-4H,5-14H2. The second-order valence-electron chi connectivity index (χ2n) is 7.44. The molecule has 6 nitrogen and oxygen atoms in total. The molecule has 1 atom stereocenters. The Kier molecular flexibility index (Phi) is 4.63. The fourth-order valence-electron chi connectivity index (χ4n) is 4.42. The summed E-state index contributed by atoms with van der Waals surface area (Å²) in [5, 5.41) is 0. The Bertz CT molecular complexity index is 741. The highest BCUT2D eigenvalue weighted by atomic mass is 16.5. The molecule has 4 rings (SSSR count). The van der Waals surface area contributed by atoms with Crippen molar-refractivity contribution in [2.24, 2.45) is 0 Å². The van der Waals surface area contributed by atoms with E-state index in [9.17, 15) is 14.4 Å². The molecule has 3 aliphatic rings. The van der Waals surface area contributed by atoms with Gasteiger partial charge in [-0.05, 0) is 24.0 Å². The largest absolute Gasteiger partial charge is 0.379 e. The van der Waals surface area contributed by atoms with Crippen LogP contribution < -0.4 is 0 Å². The van der Waals surface area contributed by atoms with Crippen LogP contribution in [0.2, 0.25) is 0 Å². The van der Waals surface area contributed by atoms with Gasteiger partial charge in [-0.2, -0.15) is 0 Å². The number of amides is 2. The highest BCUT2D eigenvalue weighted by Gasteiger charge is 2.55. The average molecular weight is 356 g/mol. The van der Waals surface area contributed by atoms with E-state index in [-0.39, 0.29) is 30.6 Å². The van der Waals surface area contributed by atoms with Crippen LogP contribution in [0.5, 0.6) is 0 Å². The number of ketones is 1. The maximum Gasteiger partial charge on any atom is 0.240 e. The number of fused-ring (bicyclic) bond motifs is 2. The van der Waals surface area contributed by atoms with Crippen molar-refractivity contribution in [2.75, 3.05) is 39.4 Å². The summed E-state index contributed by atoms with van der Waals surface area (Å²) in [5.41, 5.74) is 1.38. The van der Waals surface area contributed by atoms with Gasteiger partial charge in [0.05, 0.1) is 25.2 Å². The van der Waals surface area contributed by atoms with E-state index in [0.717, 1.165) is 30.6 Å². The van der Waals surface area contributed by atoms with Crippen molar-refractivity contribution >= 4 is 17.6 Å². The maximum absolute atomic E-state index is 13.1. The quantitative estimate of drug-likeness (QED) is 0.734. The van der Waals surface area contributed by atoms with Crippen LogP contribution in [-0.2, 0) is 31.0 Å². The van der Waals surface area contributed by atoms with Gasteiger partial charge in [-0.1, -0.05) is 24.3 Å². The number of morpholine rings is 1. The van der Waals surface area contributed by atoms with Gasteiger partial charge in [0.15, 0.2) is 5.78 Å². The van der Waals surface area contributed by atoms with E-state index in [1.54, 1.807) is 0 Å². The number of ether oxygens (including phenoxy) is 1. The van der Waals surface area contributed by atoms with Crippen LogP contribution in [0.3, 0.4) is 0 Å². The molecule has 0 radical (unpaired) electrons. The van der Waals surface area contributed by atoms with Crippen molar-refractivity contribution < 1.29 is 19.1 Å². The number of aryl methyl sites for hydroxylation is 1. The van der Waals surface area contributed by atoms with Crippen molar-refractivity contribution in [1.82, 2.24) is 9.80 Å². The van der Waals surface area contributed by atoms with Crippen LogP contribution in [0.4, 0.5) is 0 Å². The van der Waals surface area contributed by atoms with Gasteiger partial charge in [0.25, 0.3) is 0 Å². The fraction of sp³-hybridized carbons (Fsp3) is 0.550. The van der Waals surface area contributed by atoms with Crippen molar-refractivity contribution in [1.29, 1.82) is 0 Å². The van der Waals surface area contributed by atoms with Crippen LogP contribution in [-0.4, -0.2) is 66.8 Å². The minimum absolute atomic E-state index is 0.0541. The van der Waals surface area contributed by atoms with Crippen LogP contribution in [0.1, 0.15) is 30.4 Å². The molecule has 1 aromatic rings. The third kappa shape index (κ3) is 2.97. The lowest BCUT2D eigenvalue weighted by Crippen LogP contribution is -2.41. The van der Waals surface area contributed by atoms with Crippen molar-refractivity contribution in [3.05, 3.63) is 35.4 Å². The number of hydrogen-bond donors (Lipinski definition) is 0. The zero-order valence-electron chi connectivity index (χ0n) is 14.9. The molecule has 1 aliphatic carbocycles. The van der Waals surface area contributed by atoms with E-state index >= 15 is 0 Å². The number of likely N-dealkylation sites (tertiary alicyclic amines) is 1. The number of carbonyl (C=O) groups excluding carboxylic acids is 3. The summed E-state index contributed by atoms with van der Waals surface area (Å²) in [4.78, 5) is 41.4. The first-order chi connectivity index (χ1) is 12.6. The molecule has 1 spiro atoms. The number of nitrogens with zero attached hydrogens (tertiary/aromatic N) is 2. The molecule has 1 aromatic carbocycles. The van der Waals surface area contributed by atoms with Gasteiger partial charge < -0.3 is 4.74 Å². The highest BCUT2D eigenvalue weighted by molar-refractivity contribution is 6.11. The number of benzene rings is 1. The molecule has 0 saturated carbocycles. The SMILES string of the molecule is O=C(CCN1CCOCC1)CN1C(=O)CC2(CCc3ccccc32)C1=O. The molecule has 0 N–H and O–H groups in total. The van der Waals surface area contributed by atoms with Crippen molar-refractivity contribution in [3.63, 3.8) is 0 Å². The van der Waals surface area contributed by atoms with Crippen LogP contribution in [0.15, 0.2) is 24.3 Å². The molecule has 26 heavy (non-hydrogen) atoms. The number of hydrogen-bond acceptors (Lipinski definition) is 5. The summed E-state index contributed by atoms with van der Waals surface area (Å²) >= 11 is 0. The molecule has 2 aliphatic heterocycles. The molecule has 0 bridgehead atoms. The first-order valence-corrected chi connectivity index (χ1v) is 9.35. The Morgan fingerprint density at radius 1 is 1.15 bits per heavy atom. The first-order valence-electron chi connectivity index (χ1n) is 9.35. The molecule has 0 aromatic heterocycles. The molecule has 2 heterocycles. The summed E-state index contributed by atoms with van der Waals surface area (Å²) in [6, 6.07) is 7.86. The van der Waals surface area contributed by atoms with Gasteiger partial charge >= 0.3 is 0 Å². The van der Waals surface area contributed by atoms with E-state index in [0.29, 0.717) is 32.6 Å². The maximum atomic E-state index is 13.1. The molecule has 2 saturated heterocycles. The lowest BCUT2D eigenvalue weighted by Gasteiger charge is -2.26. The zero-order chi connectivity index (χ0) is 18.1. The van der Waals surface area contributed by atoms with Crippen molar-refractivity contribution in [3.8, 4) is 0 Å². The van der Waals surface area contributed by atoms with Crippen LogP contribution in [0.25, 0.3) is 0 Å². The second kappa shape index (κ2) is 6.93. The minimum Gasteiger partial charge on any atom is -0.379 e. The second-order valence-corrected chi connectivity index (χ2v) is 7.44. The third-order valence-electron chi connectivity index (χ3n) is 5.91. The van der Waals surface area contributed by atoms with Gasteiger partial charge in [0.1, 0.15) is 0 Å². The summed E-state index contributed by atoms with van der Waals surface area (Å²) in [5.74, 6) is -0.458. The van der Waals surface area contributed by atoms with E-state index in [1.165, 1.54) is 4.90 Å². The lowest BCUT2D eigenvalue weighted by molar-refractivity contribution is -0.143. The van der Waals surface area contributed by atoms with E-state index in [4.69, 9.17) is 4.74 Å². The van der Waals surface area contributed by atoms with Gasteiger partial charge in [0, 0.05) is 32.5 Å². The predicted molar refractivity (Wildman–Crippen MR) is 94.7 cm³/mol. The Labute approximate surface area is 153 Å². The number of rotatable bonds is 5. The zero-order valence-corrected chi connectivity index (χ0v) is 14.9. The first kappa shape index (κ1) is 17.4. The van der Waals surface area contributed by atoms with E-state index < -0.39 is 5.41 Å². The van der Waals surface area contributed by atoms with E-state index in [2.05, 4.69) is 4.90 Å². The van der Waals surface area contributed by atoms with Crippen molar-refractivity contribution in [2.45, 2.75) is 31.1 Å². The Balaban J connectivity index is 1.41. The van der Waals surface area contributed by atoms with Crippen LogP contribution in [0, 0.1) is 0 Å². The average Bonchev–Trinajstić information content (AvgIpc) is 3.15. The third-order valence-corrected chi connectivity index (χ3v) is 5.91. The molecule has 2 fully saturated rings. The highest BCUT2D eigenvalue weighted by Crippen LogP contribution is 2.46. The van der Waals surface area contributed by atoms with Gasteiger partial charge in [-0.25, -0.2) is 0 Å². The molecule has 138 valence electrons. The van der Waals surface area contributed by atoms with E-state index in [1.807, 2.05) is 24.3 Å². The summed E-state index contributed by atoms with van der Waals surface area (Å²) in [6.07, 6.45) is 2.03. The molecule has 6 heteroatoms. The fourth-order valence-corrected chi connectivity index (χ4v) is 4.42. The summed E-state index contributed by atoms with van der Waals surface area (Å²) in [7, 11) is 0. The van der Waals surface area contributed by atoms with Crippen LogP contribution >= 0.6 is 0 Å². The Morgan fingerprint density at radius 3 is 2.73 bits per heavy atom. The minimum atomic E-state index is -0.738. The van der Waals surface area contributed by atoms with Gasteiger partial charge in [-0.3, -0.25) is 24.2 Å². The van der Waals surface area contributed by atoms with Gasteiger partial charge in [0.2, 0.25) is 11.8 Å². The molecule has 1 unspecified atom stereocenters. The molecular weight excluding hydrogens is 332 g/mol. The molecule has 2 amide bonds. The number of imide groups is 1. The predicted octanol–water partition coefficient (Wildman–Crippen LogP) is 0.921. The normalized spacial score (nSPS) is 25.9. The number of Topliss-reactive ketones (excluding diaryl/α,β-unsaturated/α-hetero) is 1. The summed E-state index contributed by atoms with van der Waals surface area (Å²) < 4.78 is 5.30. The Morgan fingerprint density at radius 2 is 1.92 bits per heavy atom.